The van der Waals surface area contributed by atoms with Gasteiger partial charge in [-0.1, -0.05) is 0 Å². The van der Waals surface area contributed by atoms with Gasteiger partial charge in [0.25, 0.3) is 5.91 Å². The van der Waals surface area contributed by atoms with E-state index in [0.717, 1.165) is 43.4 Å². The summed E-state index contributed by atoms with van der Waals surface area (Å²) in [5, 5.41) is 3.02. The van der Waals surface area contributed by atoms with Gasteiger partial charge in [-0.2, -0.15) is 0 Å². The summed E-state index contributed by atoms with van der Waals surface area (Å²) in [6.07, 6.45) is 1.89. The van der Waals surface area contributed by atoms with E-state index in [1.54, 1.807) is 0 Å². The largest absolute Gasteiger partial charge is 0.494 e. The number of carbonyl (C=O) groups excluding carboxylic acids is 1. The molecule has 25 heavy (non-hydrogen) atoms. The van der Waals surface area contributed by atoms with Crippen LogP contribution < -0.4 is 14.8 Å². The van der Waals surface area contributed by atoms with Gasteiger partial charge in [0.1, 0.15) is 18.1 Å². The summed E-state index contributed by atoms with van der Waals surface area (Å²) in [4.78, 5) is 14.8. The van der Waals surface area contributed by atoms with Gasteiger partial charge in [-0.25, -0.2) is 0 Å². The zero-order valence-electron chi connectivity index (χ0n) is 14.9. The number of nitrogens with one attached hydrogen (secondary N) is 1. The molecule has 0 aromatic heterocycles. The average molecular weight is 346 g/mol. The van der Waals surface area contributed by atoms with Crippen molar-refractivity contribution in [3.05, 3.63) is 29.3 Å². The second kappa shape index (κ2) is 8.36. The molecule has 0 bridgehead atoms. The summed E-state index contributed by atoms with van der Waals surface area (Å²) in [6, 6.07) is 5.95. The van der Waals surface area contributed by atoms with Crippen molar-refractivity contribution in [1.29, 1.82) is 0 Å². The summed E-state index contributed by atoms with van der Waals surface area (Å²) in [5.41, 5.74) is 1.51. The number of fused-ring (bicyclic) bond motifs is 1. The van der Waals surface area contributed by atoms with Crippen LogP contribution in [-0.2, 0) is 9.53 Å². The van der Waals surface area contributed by atoms with Gasteiger partial charge in [-0.3, -0.25) is 9.69 Å². The number of hydrogen-bond acceptors (Lipinski definition) is 5. The Bertz CT molecular complexity index is 638. The van der Waals surface area contributed by atoms with E-state index >= 15 is 0 Å². The Morgan fingerprint density at radius 3 is 2.92 bits per heavy atom. The summed E-state index contributed by atoms with van der Waals surface area (Å²) in [5.74, 6) is 1.48. The summed E-state index contributed by atoms with van der Waals surface area (Å²) in [6.45, 7) is 8.93. The summed E-state index contributed by atoms with van der Waals surface area (Å²) in [7, 11) is 0. The van der Waals surface area contributed by atoms with Gasteiger partial charge in [0.05, 0.1) is 25.4 Å². The average Bonchev–Trinajstić information content (AvgIpc) is 2.66. The molecule has 0 aliphatic carbocycles. The van der Waals surface area contributed by atoms with Crippen LogP contribution in [0.15, 0.2) is 23.8 Å². The molecule has 1 aromatic rings. The van der Waals surface area contributed by atoms with Crippen molar-refractivity contribution >= 4 is 12.0 Å². The fourth-order valence-electron chi connectivity index (χ4n) is 3.04. The molecule has 0 saturated carbocycles. The molecule has 1 amide bonds. The molecule has 2 aliphatic rings. The van der Waals surface area contributed by atoms with E-state index in [1.807, 2.05) is 31.2 Å². The Kier molecular flexibility index (Phi) is 5.94. The highest BCUT2D eigenvalue weighted by molar-refractivity contribution is 5.99. The van der Waals surface area contributed by atoms with Crippen molar-refractivity contribution in [2.75, 3.05) is 46.1 Å². The standard InChI is InChI=1S/C19H26N2O4/c1-3-24-17-4-5-18-15(11-17)10-16(13-25-18)19(22)20-12-14(2)21-6-8-23-9-7-21/h4-5,10-11,14H,3,6-9,12-13H2,1-2H3,(H,20,22). The molecule has 3 rings (SSSR count). The van der Waals surface area contributed by atoms with Crippen LogP contribution in [0.25, 0.3) is 6.08 Å². The van der Waals surface area contributed by atoms with E-state index in [1.165, 1.54) is 0 Å². The van der Waals surface area contributed by atoms with Crippen LogP contribution >= 0.6 is 0 Å². The molecule has 6 heteroatoms. The summed E-state index contributed by atoms with van der Waals surface area (Å²) >= 11 is 0. The van der Waals surface area contributed by atoms with Crippen molar-refractivity contribution in [1.82, 2.24) is 10.2 Å². The van der Waals surface area contributed by atoms with E-state index in [-0.39, 0.29) is 11.9 Å². The van der Waals surface area contributed by atoms with Crippen LogP contribution in [0.1, 0.15) is 19.4 Å². The molecule has 1 fully saturated rings. The zero-order chi connectivity index (χ0) is 17.6. The fourth-order valence-corrected chi connectivity index (χ4v) is 3.04. The molecular weight excluding hydrogens is 320 g/mol. The van der Waals surface area contributed by atoms with Crippen LogP contribution in [0.5, 0.6) is 11.5 Å². The first-order valence-corrected chi connectivity index (χ1v) is 8.87. The molecule has 136 valence electrons. The maximum Gasteiger partial charge on any atom is 0.250 e. The van der Waals surface area contributed by atoms with Crippen molar-refractivity contribution in [2.24, 2.45) is 0 Å². The maximum absolute atomic E-state index is 12.5. The molecule has 1 atom stereocenters. The normalized spacial score (nSPS) is 18.6. The smallest absolute Gasteiger partial charge is 0.250 e. The molecule has 2 aliphatic heterocycles. The van der Waals surface area contributed by atoms with Crippen molar-refractivity contribution < 1.29 is 19.0 Å². The van der Waals surface area contributed by atoms with Gasteiger partial charge < -0.3 is 19.5 Å². The number of ether oxygens (including phenoxy) is 3. The molecule has 1 unspecified atom stereocenters. The number of amides is 1. The van der Waals surface area contributed by atoms with E-state index in [4.69, 9.17) is 14.2 Å². The third-order valence-corrected chi connectivity index (χ3v) is 4.52. The third kappa shape index (κ3) is 4.52. The lowest BCUT2D eigenvalue weighted by molar-refractivity contribution is -0.118. The predicted molar refractivity (Wildman–Crippen MR) is 95.9 cm³/mol. The van der Waals surface area contributed by atoms with E-state index in [9.17, 15) is 4.79 Å². The lowest BCUT2D eigenvalue weighted by Crippen LogP contribution is -2.47. The molecule has 6 nitrogen and oxygen atoms in total. The highest BCUT2D eigenvalue weighted by atomic mass is 16.5. The Morgan fingerprint density at radius 2 is 2.16 bits per heavy atom. The Morgan fingerprint density at radius 1 is 1.36 bits per heavy atom. The molecule has 0 spiro atoms. The SMILES string of the molecule is CCOc1ccc2c(c1)C=C(C(=O)NCC(C)N1CCOCC1)CO2. The van der Waals surface area contributed by atoms with E-state index in [0.29, 0.717) is 25.3 Å². The summed E-state index contributed by atoms with van der Waals surface area (Å²) < 4.78 is 16.6. The van der Waals surface area contributed by atoms with Crippen LogP contribution in [0.2, 0.25) is 0 Å². The first kappa shape index (κ1) is 17.8. The van der Waals surface area contributed by atoms with E-state index < -0.39 is 0 Å². The first-order valence-electron chi connectivity index (χ1n) is 8.87. The van der Waals surface area contributed by atoms with Crippen molar-refractivity contribution in [2.45, 2.75) is 19.9 Å². The lowest BCUT2D eigenvalue weighted by atomic mass is 10.1. The van der Waals surface area contributed by atoms with Crippen molar-refractivity contribution in [3.63, 3.8) is 0 Å². The highest BCUT2D eigenvalue weighted by Crippen LogP contribution is 2.30. The van der Waals surface area contributed by atoms with Crippen LogP contribution in [0.3, 0.4) is 0 Å². The molecular formula is C19H26N2O4. The number of hydrogen-bond donors (Lipinski definition) is 1. The number of rotatable bonds is 6. The zero-order valence-corrected chi connectivity index (χ0v) is 14.9. The Labute approximate surface area is 148 Å². The predicted octanol–water partition coefficient (Wildman–Crippen LogP) is 1.70. The highest BCUT2D eigenvalue weighted by Gasteiger charge is 2.20. The van der Waals surface area contributed by atoms with Crippen molar-refractivity contribution in [3.8, 4) is 11.5 Å². The van der Waals surface area contributed by atoms with Gasteiger partial charge in [0.2, 0.25) is 0 Å². The monoisotopic (exact) mass is 346 g/mol. The fraction of sp³-hybridized carbons (Fsp3) is 0.526. The van der Waals surface area contributed by atoms with Crippen LogP contribution in [-0.4, -0.2) is 62.9 Å². The quantitative estimate of drug-likeness (QED) is 0.850. The topological polar surface area (TPSA) is 60.0 Å². The third-order valence-electron chi connectivity index (χ3n) is 4.52. The lowest BCUT2D eigenvalue weighted by Gasteiger charge is -2.32. The van der Waals surface area contributed by atoms with Crippen LogP contribution in [0, 0.1) is 0 Å². The van der Waals surface area contributed by atoms with Gasteiger partial charge >= 0.3 is 0 Å². The number of morpholine rings is 1. The number of carbonyl (C=O) groups is 1. The first-order chi connectivity index (χ1) is 12.2. The molecule has 1 saturated heterocycles. The minimum atomic E-state index is -0.0763. The van der Waals surface area contributed by atoms with Gasteiger partial charge in [0, 0.05) is 31.2 Å². The van der Waals surface area contributed by atoms with Gasteiger partial charge in [-0.05, 0) is 38.1 Å². The minimum absolute atomic E-state index is 0.0763. The number of nitrogens with zero attached hydrogens (tertiary/aromatic N) is 1. The van der Waals surface area contributed by atoms with Gasteiger partial charge in [-0.15, -0.1) is 0 Å². The molecule has 2 heterocycles. The minimum Gasteiger partial charge on any atom is -0.494 e. The second-order valence-corrected chi connectivity index (χ2v) is 6.30. The maximum atomic E-state index is 12.5. The Hall–Kier alpha value is -2.05. The van der Waals surface area contributed by atoms with Crippen LogP contribution in [0.4, 0.5) is 0 Å². The second-order valence-electron chi connectivity index (χ2n) is 6.30. The van der Waals surface area contributed by atoms with E-state index in [2.05, 4.69) is 17.1 Å². The molecule has 1 aromatic carbocycles. The van der Waals surface area contributed by atoms with Gasteiger partial charge in [0.15, 0.2) is 0 Å². The molecule has 0 radical (unpaired) electrons. The number of benzene rings is 1. The molecule has 1 N–H and O–H groups in total. The Balaban J connectivity index is 1.59.